The lowest BCUT2D eigenvalue weighted by Gasteiger charge is -2.34. The summed E-state index contributed by atoms with van der Waals surface area (Å²) in [4.78, 5) is 12.9. The molecular weight excluding hydrogens is 386 g/mol. The molecule has 154 valence electrons. The lowest BCUT2D eigenvalue weighted by Crippen LogP contribution is -2.43. The first kappa shape index (κ1) is 23.9. The number of hydrogen-bond acceptors (Lipinski definition) is 4. The Hall–Kier alpha value is -1.15. The summed E-state index contributed by atoms with van der Waals surface area (Å²) in [6.45, 7) is 11.0. The minimum Gasteiger partial charge on any atom is -0.351 e. The summed E-state index contributed by atoms with van der Waals surface area (Å²) in [5.74, 6) is -0.209. The molecule has 1 aliphatic rings. The molecule has 1 heterocycles. The average Bonchev–Trinajstić information content (AvgIpc) is 2.61. The van der Waals surface area contributed by atoms with Gasteiger partial charge in [-0.15, -0.1) is 12.4 Å². The lowest BCUT2D eigenvalue weighted by atomic mass is 9.81. The highest BCUT2D eigenvalue weighted by molar-refractivity contribution is 7.89. The zero-order chi connectivity index (χ0) is 19.4. The molecule has 1 saturated heterocycles. The number of aryl methyl sites for hydroxylation is 1. The van der Waals surface area contributed by atoms with Gasteiger partial charge in [-0.05, 0) is 56.0 Å². The molecule has 1 aromatic rings. The quantitative estimate of drug-likeness (QED) is 0.714. The number of piperidine rings is 1. The van der Waals surface area contributed by atoms with Gasteiger partial charge in [-0.3, -0.25) is 4.79 Å². The number of amides is 1. The van der Waals surface area contributed by atoms with Crippen LogP contribution in [-0.4, -0.2) is 51.4 Å². The first-order valence-corrected chi connectivity index (χ1v) is 10.8. The molecule has 8 heteroatoms. The molecule has 27 heavy (non-hydrogen) atoms. The molecule has 0 aromatic heterocycles. The van der Waals surface area contributed by atoms with Crippen LogP contribution >= 0.6 is 12.4 Å². The van der Waals surface area contributed by atoms with Gasteiger partial charge in [-0.2, -0.15) is 4.31 Å². The van der Waals surface area contributed by atoms with Crippen molar-refractivity contribution in [3.05, 3.63) is 29.3 Å². The normalized spacial score (nSPS) is 16.6. The van der Waals surface area contributed by atoms with E-state index in [4.69, 9.17) is 0 Å². The molecule has 0 saturated carbocycles. The Morgan fingerprint density at radius 3 is 2.37 bits per heavy atom. The predicted octanol–water partition coefficient (Wildman–Crippen LogP) is 2.57. The van der Waals surface area contributed by atoms with Crippen molar-refractivity contribution in [1.29, 1.82) is 0 Å². The van der Waals surface area contributed by atoms with Crippen molar-refractivity contribution in [3.63, 3.8) is 0 Å². The van der Waals surface area contributed by atoms with Crippen LogP contribution in [0.2, 0.25) is 0 Å². The van der Waals surface area contributed by atoms with Crippen molar-refractivity contribution in [2.75, 3.05) is 32.7 Å². The number of nitrogens with zero attached hydrogens (tertiary/aromatic N) is 1. The van der Waals surface area contributed by atoms with Gasteiger partial charge < -0.3 is 10.6 Å². The molecule has 2 N–H and O–H groups in total. The van der Waals surface area contributed by atoms with E-state index in [1.165, 1.54) is 10.4 Å². The molecule has 0 unspecified atom stereocenters. The maximum Gasteiger partial charge on any atom is 0.251 e. The number of hydrogen-bond donors (Lipinski definition) is 2. The van der Waals surface area contributed by atoms with E-state index in [1.807, 2.05) is 20.8 Å². The Labute approximate surface area is 169 Å². The van der Waals surface area contributed by atoms with Crippen LogP contribution in [0.4, 0.5) is 0 Å². The highest BCUT2D eigenvalue weighted by Gasteiger charge is 2.28. The number of sulfonamides is 1. The van der Waals surface area contributed by atoms with Crippen molar-refractivity contribution >= 4 is 28.3 Å². The summed E-state index contributed by atoms with van der Waals surface area (Å²) < 4.78 is 26.8. The summed E-state index contributed by atoms with van der Waals surface area (Å²) >= 11 is 0. The third-order valence-electron chi connectivity index (χ3n) is 5.28. The first-order valence-electron chi connectivity index (χ1n) is 9.33. The van der Waals surface area contributed by atoms with E-state index in [-0.39, 0.29) is 28.6 Å². The Morgan fingerprint density at radius 2 is 1.81 bits per heavy atom. The molecule has 1 fully saturated rings. The van der Waals surface area contributed by atoms with Crippen LogP contribution in [0.1, 0.15) is 49.5 Å². The monoisotopic (exact) mass is 417 g/mol. The molecule has 6 nitrogen and oxygen atoms in total. The van der Waals surface area contributed by atoms with E-state index < -0.39 is 10.0 Å². The predicted molar refractivity (Wildman–Crippen MR) is 111 cm³/mol. The highest BCUT2D eigenvalue weighted by atomic mass is 35.5. The molecule has 0 bridgehead atoms. The van der Waals surface area contributed by atoms with Crippen molar-refractivity contribution < 1.29 is 13.2 Å². The van der Waals surface area contributed by atoms with E-state index in [9.17, 15) is 13.2 Å². The minimum atomic E-state index is -3.58. The van der Waals surface area contributed by atoms with Gasteiger partial charge in [-0.1, -0.05) is 26.8 Å². The molecule has 2 rings (SSSR count). The first-order chi connectivity index (χ1) is 12.2. The van der Waals surface area contributed by atoms with E-state index in [0.717, 1.165) is 31.5 Å². The molecule has 1 amide bonds. The van der Waals surface area contributed by atoms with Crippen LogP contribution < -0.4 is 10.6 Å². The fourth-order valence-electron chi connectivity index (χ4n) is 3.31. The van der Waals surface area contributed by atoms with E-state index in [0.29, 0.717) is 25.2 Å². The number of benzene rings is 1. The third-order valence-corrected chi connectivity index (χ3v) is 7.33. The molecule has 0 atom stereocenters. The Balaban J connectivity index is 0.00000364. The van der Waals surface area contributed by atoms with Crippen LogP contribution in [0.5, 0.6) is 0 Å². The second-order valence-electron chi connectivity index (χ2n) is 7.31. The largest absolute Gasteiger partial charge is 0.351 e. The fourth-order valence-corrected chi connectivity index (χ4v) is 4.80. The second kappa shape index (κ2) is 9.87. The van der Waals surface area contributed by atoms with Gasteiger partial charge in [-0.25, -0.2) is 8.42 Å². The van der Waals surface area contributed by atoms with Crippen molar-refractivity contribution in [1.82, 2.24) is 14.9 Å². The van der Waals surface area contributed by atoms with Crippen LogP contribution in [-0.2, 0) is 10.0 Å². The van der Waals surface area contributed by atoms with Gasteiger partial charge in [0.1, 0.15) is 0 Å². The number of carbonyl (C=O) groups is 1. The Kier molecular flexibility index (Phi) is 8.73. The fraction of sp³-hybridized carbons (Fsp3) is 0.632. The maximum atomic E-state index is 12.7. The van der Waals surface area contributed by atoms with E-state index >= 15 is 0 Å². The number of halogens is 1. The minimum absolute atomic E-state index is 0. The zero-order valence-electron chi connectivity index (χ0n) is 16.7. The summed E-state index contributed by atoms with van der Waals surface area (Å²) in [7, 11) is -3.58. The van der Waals surface area contributed by atoms with Crippen molar-refractivity contribution in [3.8, 4) is 0 Å². The van der Waals surface area contributed by atoms with Crippen molar-refractivity contribution in [2.24, 2.45) is 5.41 Å². The lowest BCUT2D eigenvalue weighted by molar-refractivity contribution is 0.0921. The van der Waals surface area contributed by atoms with E-state index in [1.54, 1.807) is 12.1 Å². The Morgan fingerprint density at radius 1 is 1.22 bits per heavy atom. The number of nitrogens with one attached hydrogen (secondary N) is 2. The van der Waals surface area contributed by atoms with Gasteiger partial charge >= 0.3 is 0 Å². The summed E-state index contributed by atoms with van der Waals surface area (Å²) in [6.07, 6.45) is 2.03. The molecular formula is C19H32ClN3O3S. The summed E-state index contributed by atoms with van der Waals surface area (Å²) in [5.41, 5.74) is 1.28. The Bertz CT molecular complexity index is 743. The van der Waals surface area contributed by atoms with Crippen LogP contribution in [0, 0.1) is 12.3 Å². The summed E-state index contributed by atoms with van der Waals surface area (Å²) in [6, 6.07) is 4.79. The highest BCUT2D eigenvalue weighted by Crippen LogP contribution is 2.27. The number of rotatable bonds is 7. The van der Waals surface area contributed by atoms with Crippen LogP contribution in [0.15, 0.2) is 23.1 Å². The van der Waals surface area contributed by atoms with Gasteiger partial charge in [0.05, 0.1) is 4.90 Å². The van der Waals surface area contributed by atoms with Gasteiger partial charge in [0, 0.05) is 25.2 Å². The molecule has 0 spiro atoms. The molecule has 0 aliphatic carbocycles. The average molecular weight is 418 g/mol. The van der Waals surface area contributed by atoms with Crippen molar-refractivity contribution in [2.45, 2.75) is 45.4 Å². The standard InChI is InChI=1S/C19H31N3O3S.ClH/c1-5-22(6-2)26(24,25)16-8-7-15(3)17(13-16)18(23)21-14-19(4)9-11-20-12-10-19;/h7-8,13,20H,5-6,9-12,14H2,1-4H3,(H,21,23);1H. The van der Waals surface area contributed by atoms with Gasteiger partial charge in [0.25, 0.3) is 5.91 Å². The number of carbonyl (C=O) groups excluding carboxylic acids is 1. The molecule has 0 radical (unpaired) electrons. The maximum absolute atomic E-state index is 12.7. The zero-order valence-corrected chi connectivity index (χ0v) is 18.3. The van der Waals surface area contributed by atoms with Gasteiger partial charge in [0.15, 0.2) is 0 Å². The third kappa shape index (κ3) is 5.67. The molecule has 1 aromatic carbocycles. The van der Waals surface area contributed by atoms with Crippen LogP contribution in [0.25, 0.3) is 0 Å². The van der Waals surface area contributed by atoms with Gasteiger partial charge in [0.2, 0.25) is 10.0 Å². The SMILES string of the molecule is CCN(CC)S(=O)(=O)c1ccc(C)c(C(=O)NCC2(C)CCNCC2)c1.Cl. The van der Waals surface area contributed by atoms with Crippen LogP contribution in [0.3, 0.4) is 0 Å². The summed E-state index contributed by atoms with van der Waals surface area (Å²) in [5, 5.41) is 6.34. The smallest absolute Gasteiger partial charge is 0.251 e. The molecule has 1 aliphatic heterocycles. The second-order valence-corrected chi connectivity index (χ2v) is 9.25. The topological polar surface area (TPSA) is 78.5 Å². The van der Waals surface area contributed by atoms with E-state index in [2.05, 4.69) is 17.6 Å².